The number of ether oxygens (including phenoxy) is 1. The van der Waals surface area contributed by atoms with Gasteiger partial charge in [-0.2, -0.15) is 5.10 Å². The van der Waals surface area contributed by atoms with E-state index in [9.17, 15) is 14.7 Å². The molecule has 196 valence electrons. The summed E-state index contributed by atoms with van der Waals surface area (Å²) in [6.07, 6.45) is 2.39. The maximum absolute atomic E-state index is 12.4. The second kappa shape index (κ2) is 10.2. The molecule has 5 rings (SSSR count). The fourth-order valence-corrected chi connectivity index (χ4v) is 4.85. The van der Waals surface area contributed by atoms with Crippen molar-refractivity contribution in [2.24, 2.45) is 0 Å². The zero-order valence-electron chi connectivity index (χ0n) is 21.4. The molecule has 0 radical (unpaired) electrons. The van der Waals surface area contributed by atoms with Gasteiger partial charge in [0, 0.05) is 58.6 Å². The van der Waals surface area contributed by atoms with Crippen molar-refractivity contribution < 1.29 is 19.4 Å². The van der Waals surface area contributed by atoms with Gasteiger partial charge in [0.15, 0.2) is 11.5 Å². The molecule has 12 nitrogen and oxygen atoms in total. The Morgan fingerprint density at radius 2 is 1.68 bits per heavy atom. The maximum atomic E-state index is 12.4. The average Bonchev–Trinajstić information content (AvgIpc) is 3.36. The third-order valence-corrected chi connectivity index (χ3v) is 7.01. The molecule has 0 unspecified atom stereocenters. The Morgan fingerprint density at radius 3 is 2.30 bits per heavy atom. The number of piperidine rings is 1. The van der Waals surface area contributed by atoms with Crippen LogP contribution in [0.4, 0.5) is 21.1 Å². The number of rotatable bonds is 4. The highest BCUT2D eigenvalue weighted by Gasteiger charge is 2.28. The summed E-state index contributed by atoms with van der Waals surface area (Å²) in [4.78, 5) is 40.4. The standard InChI is InChI=1S/C25H32N8O4/c1-29(2)24(34)32-10-8-19(9-11-32)33-23-20(16-26-33)22(31-12-14-37-15-13-31)27-21(28-23)17-4-6-18(7-5-17)30(3)25(35)36/h4-7,16,19H,8-15H2,1-3H3,(H,35,36). The van der Waals surface area contributed by atoms with Crippen LogP contribution in [0, 0.1) is 0 Å². The zero-order chi connectivity index (χ0) is 26.1. The van der Waals surface area contributed by atoms with Crippen molar-refractivity contribution in [1.29, 1.82) is 0 Å². The van der Waals surface area contributed by atoms with E-state index < -0.39 is 6.09 Å². The van der Waals surface area contributed by atoms with Crippen LogP contribution in [0.25, 0.3) is 22.4 Å². The molecule has 12 heteroatoms. The van der Waals surface area contributed by atoms with Crippen LogP contribution in [-0.2, 0) is 4.74 Å². The van der Waals surface area contributed by atoms with Crippen molar-refractivity contribution in [2.75, 3.05) is 70.3 Å². The Kier molecular flexibility index (Phi) is 6.83. The van der Waals surface area contributed by atoms with Crippen LogP contribution in [0.1, 0.15) is 18.9 Å². The van der Waals surface area contributed by atoms with Gasteiger partial charge in [0.1, 0.15) is 5.82 Å². The number of aromatic nitrogens is 4. The van der Waals surface area contributed by atoms with Crippen LogP contribution < -0.4 is 9.80 Å². The van der Waals surface area contributed by atoms with Gasteiger partial charge in [-0.1, -0.05) is 0 Å². The number of carbonyl (C=O) groups excluding carboxylic acids is 1. The average molecular weight is 509 g/mol. The quantitative estimate of drug-likeness (QED) is 0.571. The van der Waals surface area contributed by atoms with E-state index >= 15 is 0 Å². The van der Waals surface area contributed by atoms with Gasteiger partial charge in [-0.25, -0.2) is 24.2 Å². The molecule has 0 saturated carbocycles. The summed E-state index contributed by atoms with van der Waals surface area (Å²) in [6.45, 7) is 4.03. The minimum atomic E-state index is -1.03. The van der Waals surface area contributed by atoms with Gasteiger partial charge in [-0.3, -0.25) is 4.90 Å². The molecule has 0 atom stereocenters. The number of fused-ring (bicyclic) bond motifs is 1. The van der Waals surface area contributed by atoms with Gasteiger partial charge in [-0.15, -0.1) is 0 Å². The summed E-state index contributed by atoms with van der Waals surface area (Å²) >= 11 is 0. The van der Waals surface area contributed by atoms with E-state index in [2.05, 4.69) is 4.90 Å². The van der Waals surface area contributed by atoms with Crippen LogP contribution in [0.15, 0.2) is 30.5 Å². The molecule has 2 fully saturated rings. The topological polar surface area (TPSA) is 120 Å². The summed E-state index contributed by atoms with van der Waals surface area (Å²) in [5.74, 6) is 1.38. The van der Waals surface area contributed by atoms with Gasteiger partial charge in [0.05, 0.1) is 30.8 Å². The molecule has 3 aromatic rings. The molecule has 37 heavy (non-hydrogen) atoms. The van der Waals surface area contributed by atoms with E-state index in [1.807, 2.05) is 27.9 Å². The number of urea groups is 1. The van der Waals surface area contributed by atoms with Crippen molar-refractivity contribution in [3.63, 3.8) is 0 Å². The fraction of sp³-hybridized carbons (Fsp3) is 0.480. The van der Waals surface area contributed by atoms with Crippen LogP contribution in [0.3, 0.4) is 0 Å². The number of morpholine rings is 1. The van der Waals surface area contributed by atoms with Crippen LogP contribution in [0.2, 0.25) is 0 Å². The van der Waals surface area contributed by atoms with Crippen LogP contribution in [0.5, 0.6) is 0 Å². The number of nitrogens with zero attached hydrogens (tertiary/aromatic N) is 8. The van der Waals surface area contributed by atoms with Crippen molar-refractivity contribution in [3.8, 4) is 11.4 Å². The second-order valence-electron chi connectivity index (χ2n) is 9.58. The SMILES string of the molecule is CN(C)C(=O)N1CCC(n2ncc3c(N4CCOCC4)nc(-c4ccc(N(C)C(=O)O)cc4)nc32)CC1. The summed E-state index contributed by atoms with van der Waals surface area (Å²) in [5, 5.41) is 14.9. The lowest BCUT2D eigenvalue weighted by Crippen LogP contribution is -2.44. The summed E-state index contributed by atoms with van der Waals surface area (Å²) < 4.78 is 7.54. The smallest absolute Gasteiger partial charge is 0.411 e. The lowest BCUT2D eigenvalue weighted by molar-refractivity contribution is 0.122. The number of carboxylic acid groups (broad SMARTS) is 1. The highest BCUT2D eigenvalue weighted by atomic mass is 16.5. The predicted molar refractivity (Wildman–Crippen MR) is 139 cm³/mol. The van der Waals surface area contributed by atoms with E-state index in [1.165, 1.54) is 7.05 Å². The summed E-state index contributed by atoms with van der Waals surface area (Å²) in [6, 6.07) is 7.33. The zero-order valence-corrected chi connectivity index (χ0v) is 21.4. The molecule has 0 spiro atoms. The highest BCUT2D eigenvalue weighted by molar-refractivity contribution is 5.89. The lowest BCUT2D eigenvalue weighted by Gasteiger charge is -2.33. The first kappa shape index (κ1) is 24.8. The predicted octanol–water partition coefficient (Wildman–Crippen LogP) is 2.76. The molecule has 1 aromatic carbocycles. The minimum Gasteiger partial charge on any atom is -0.465 e. The number of benzene rings is 1. The first-order valence-electron chi connectivity index (χ1n) is 12.4. The van der Waals surface area contributed by atoms with Gasteiger partial charge >= 0.3 is 12.1 Å². The Bertz CT molecular complexity index is 1280. The third kappa shape index (κ3) is 4.88. The molecule has 4 heterocycles. The molecule has 2 aliphatic heterocycles. The lowest BCUT2D eigenvalue weighted by atomic mass is 10.1. The Balaban J connectivity index is 1.51. The minimum absolute atomic E-state index is 0.0278. The van der Waals surface area contributed by atoms with Gasteiger partial charge < -0.3 is 24.5 Å². The monoisotopic (exact) mass is 508 g/mol. The maximum Gasteiger partial charge on any atom is 0.411 e. The third-order valence-electron chi connectivity index (χ3n) is 7.01. The van der Waals surface area contributed by atoms with E-state index in [-0.39, 0.29) is 12.1 Å². The fourth-order valence-electron chi connectivity index (χ4n) is 4.85. The Morgan fingerprint density at radius 1 is 1.00 bits per heavy atom. The molecule has 2 aliphatic rings. The van der Waals surface area contributed by atoms with E-state index in [0.717, 1.165) is 53.2 Å². The van der Waals surface area contributed by atoms with E-state index in [4.69, 9.17) is 19.8 Å². The number of amides is 3. The van der Waals surface area contributed by atoms with Crippen LogP contribution in [-0.4, -0.2) is 107 Å². The molecule has 2 saturated heterocycles. The number of hydrogen-bond acceptors (Lipinski definition) is 7. The van der Waals surface area contributed by atoms with Crippen LogP contribution >= 0.6 is 0 Å². The largest absolute Gasteiger partial charge is 0.465 e. The van der Waals surface area contributed by atoms with E-state index in [1.54, 1.807) is 31.1 Å². The van der Waals surface area contributed by atoms with Crippen molar-refractivity contribution in [1.82, 2.24) is 29.5 Å². The van der Waals surface area contributed by atoms with Crippen molar-refractivity contribution in [3.05, 3.63) is 30.5 Å². The first-order valence-corrected chi connectivity index (χ1v) is 12.4. The normalized spacial score (nSPS) is 16.7. The van der Waals surface area contributed by atoms with E-state index in [0.29, 0.717) is 37.8 Å². The molecule has 1 N–H and O–H groups in total. The molecule has 2 aromatic heterocycles. The Labute approximate surface area is 215 Å². The Hall–Kier alpha value is -3.93. The van der Waals surface area contributed by atoms with Gasteiger partial charge in [0.2, 0.25) is 0 Å². The van der Waals surface area contributed by atoms with Crippen molar-refractivity contribution in [2.45, 2.75) is 18.9 Å². The number of carbonyl (C=O) groups is 2. The molecule has 0 aliphatic carbocycles. The van der Waals surface area contributed by atoms with Crippen molar-refractivity contribution >= 4 is 34.7 Å². The molecular formula is C25H32N8O4. The van der Waals surface area contributed by atoms with Gasteiger partial charge in [0.25, 0.3) is 0 Å². The molecule has 3 amide bonds. The van der Waals surface area contributed by atoms with Gasteiger partial charge in [-0.05, 0) is 37.1 Å². The summed E-state index contributed by atoms with van der Waals surface area (Å²) in [7, 11) is 5.05. The number of hydrogen-bond donors (Lipinski definition) is 1. The number of likely N-dealkylation sites (tertiary alicyclic amines) is 1. The molecular weight excluding hydrogens is 476 g/mol. The number of anilines is 2. The first-order chi connectivity index (χ1) is 17.8. The molecule has 0 bridgehead atoms. The second-order valence-corrected chi connectivity index (χ2v) is 9.58. The highest BCUT2D eigenvalue weighted by Crippen LogP contribution is 2.32. The summed E-state index contributed by atoms with van der Waals surface area (Å²) in [5.41, 5.74) is 2.11.